The zero-order chi connectivity index (χ0) is 17.1. The maximum Gasteiger partial charge on any atom is 0.316 e. The first-order chi connectivity index (χ1) is 11.6. The second-order valence-electron chi connectivity index (χ2n) is 4.90. The minimum absolute atomic E-state index is 0.0603. The van der Waals surface area contributed by atoms with Gasteiger partial charge in [0.25, 0.3) is 0 Å². The lowest BCUT2D eigenvalue weighted by Crippen LogP contribution is -2.00. The number of pyridine rings is 1. The van der Waals surface area contributed by atoms with E-state index in [1.165, 1.54) is 31.6 Å². The van der Waals surface area contributed by atoms with Crippen molar-refractivity contribution in [2.24, 2.45) is 0 Å². The summed E-state index contributed by atoms with van der Waals surface area (Å²) in [7, 11) is 1.46. The van der Waals surface area contributed by atoms with Gasteiger partial charge in [-0.25, -0.2) is 19.3 Å². The fourth-order valence-corrected chi connectivity index (χ4v) is 2.27. The third-order valence-corrected chi connectivity index (χ3v) is 3.40. The number of ether oxygens (including phenoxy) is 1. The number of methoxy groups -OCH3 is 1. The first-order valence-electron chi connectivity index (χ1n) is 6.95. The van der Waals surface area contributed by atoms with Gasteiger partial charge in [0.1, 0.15) is 23.3 Å². The van der Waals surface area contributed by atoms with Crippen LogP contribution in [0.15, 0.2) is 42.7 Å². The standard InChI is InChI=1S/C17H12FN5O/c1-24-17-21-8-11(9-22-17)13-6-15(23-16(20)14(13)7-19)10-3-2-4-12(18)5-10/h2-6,8-9H,1H3,(H2,20,23). The van der Waals surface area contributed by atoms with Crippen LogP contribution in [0.3, 0.4) is 0 Å². The number of hydrogen-bond acceptors (Lipinski definition) is 6. The van der Waals surface area contributed by atoms with E-state index >= 15 is 0 Å². The van der Waals surface area contributed by atoms with Gasteiger partial charge in [-0.1, -0.05) is 12.1 Å². The van der Waals surface area contributed by atoms with Gasteiger partial charge in [0.2, 0.25) is 0 Å². The van der Waals surface area contributed by atoms with E-state index in [0.717, 1.165) is 0 Å². The molecule has 0 aliphatic rings. The minimum atomic E-state index is -0.383. The minimum Gasteiger partial charge on any atom is -0.467 e. The van der Waals surface area contributed by atoms with Gasteiger partial charge in [0.15, 0.2) is 0 Å². The van der Waals surface area contributed by atoms with Crippen LogP contribution < -0.4 is 10.5 Å². The molecule has 0 amide bonds. The maximum atomic E-state index is 13.5. The third-order valence-electron chi connectivity index (χ3n) is 3.40. The van der Waals surface area contributed by atoms with E-state index in [9.17, 15) is 9.65 Å². The summed E-state index contributed by atoms with van der Waals surface area (Å²) >= 11 is 0. The molecule has 0 fully saturated rings. The predicted octanol–water partition coefficient (Wildman–Crippen LogP) is 2.81. The van der Waals surface area contributed by atoms with Crippen molar-refractivity contribution >= 4 is 5.82 Å². The van der Waals surface area contributed by atoms with Crippen molar-refractivity contribution in [3.05, 3.63) is 54.1 Å². The Kier molecular flexibility index (Phi) is 4.03. The van der Waals surface area contributed by atoms with Crippen LogP contribution in [-0.4, -0.2) is 22.1 Å². The fourth-order valence-electron chi connectivity index (χ4n) is 2.27. The SMILES string of the molecule is COc1ncc(-c2cc(-c3cccc(F)c3)nc(N)c2C#N)cn1. The molecule has 0 aliphatic heterocycles. The first kappa shape index (κ1) is 15.4. The average molecular weight is 321 g/mol. The second kappa shape index (κ2) is 6.30. The topological polar surface area (TPSA) is 97.7 Å². The molecule has 2 N–H and O–H groups in total. The molecular weight excluding hydrogens is 309 g/mol. The van der Waals surface area contributed by atoms with Gasteiger partial charge in [-0.15, -0.1) is 0 Å². The monoisotopic (exact) mass is 321 g/mol. The van der Waals surface area contributed by atoms with Crippen molar-refractivity contribution in [1.29, 1.82) is 5.26 Å². The molecule has 0 unspecified atom stereocenters. The van der Waals surface area contributed by atoms with Gasteiger partial charge in [-0.3, -0.25) is 0 Å². The number of nitrogens with two attached hydrogens (primary N) is 1. The Morgan fingerprint density at radius 2 is 1.92 bits per heavy atom. The quantitative estimate of drug-likeness (QED) is 0.796. The van der Waals surface area contributed by atoms with Crippen LogP contribution in [0, 0.1) is 17.1 Å². The normalized spacial score (nSPS) is 10.2. The zero-order valence-corrected chi connectivity index (χ0v) is 12.7. The third kappa shape index (κ3) is 2.85. The molecule has 3 aromatic rings. The summed E-state index contributed by atoms with van der Waals surface area (Å²) in [5, 5.41) is 9.37. The van der Waals surface area contributed by atoms with Crippen molar-refractivity contribution < 1.29 is 9.13 Å². The molecule has 0 atom stereocenters. The van der Waals surface area contributed by atoms with Gasteiger partial charge in [0, 0.05) is 29.1 Å². The molecule has 1 aromatic carbocycles. The molecule has 6 nitrogen and oxygen atoms in total. The van der Waals surface area contributed by atoms with Crippen molar-refractivity contribution in [1.82, 2.24) is 15.0 Å². The largest absolute Gasteiger partial charge is 0.467 e. The molecule has 2 heterocycles. The molecule has 0 spiro atoms. The maximum absolute atomic E-state index is 13.5. The molecule has 0 saturated carbocycles. The van der Waals surface area contributed by atoms with E-state index in [0.29, 0.717) is 22.4 Å². The Morgan fingerprint density at radius 3 is 2.54 bits per heavy atom. The molecular formula is C17H12FN5O. The van der Waals surface area contributed by atoms with Gasteiger partial charge in [0.05, 0.1) is 12.8 Å². The molecule has 118 valence electrons. The van der Waals surface area contributed by atoms with Gasteiger partial charge < -0.3 is 10.5 Å². The molecule has 2 aromatic heterocycles. The number of anilines is 1. The van der Waals surface area contributed by atoms with Crippen LogP contribution in [0.25, 0.3) is 22.4 Å². The van der Waals surface area contributed by atoms with Crippen molar-refractivity contribution in [2.75, 3.05) is 12.8 Å². The Labute approximate surface area is 137 Å². The van der Waals surface area contributed by atoms with E-state index < -0.39 is 0 Å². The van der Waals surface area contributed by atoms with Crippen molar-refractivity contribution in [2.45, 2.75) is 0 Å². The fraction of sp³-hybridized carbons (Fsp3) is 0.0588. The van der Waals surface area contributed by atoms with E-state index in [4.69, 9.17) is 10.5 Å². The summed E-state index contributed by atoms with van der Waals surface area (Å²) < 4.78 is 18.4. The lowest BCUT2D eigenvalue weighted by molar-refractivity contribution is 0.380. The van der Waals surface area contributed by atoms with Crippen LogP contribution in [0.1, 0.15) is 5.56 Å². The molecule has 0 aliphatic carbocycles. The highest BCUT2D eigenvalue weighted by Gasteiger charge is 2.14. The van der Waals surface area contributed by atoms with Gasteiger partial charge in [-0.05, 0) is 18.2 Å². The smallest absolute Gasteiger partial charge is 0.316 e. The Morgan fingerprint density at radius 1 is 1.17 bits per heavy atom. The van der Waals surface area contributed by atoms with Crippen LogP contribution in [0.5, 0.6) is 6.01 Å². The van der Waals surface area contributed by atoms with Crippen molar-refractivity contribution in [3.63, 3.8) is 0 Å². The Balaban J connectivity index is 2.18. The van der Waals surface area contributed by atoms with Crippen LogP contribution >= 0.6 is 0 Å². The number of benzene rings is 1. The highest BCUT2D eigenvalue weighted by molar-refractivity contribution is 5.79. The highest BCUT2D eigenvalue weighted by Crippen LogP contribution is 2.31. The van der Waals surface area contributed by atoms with Crippen LogP contribution in [-0.2, 0) is 0 Å². The van der Waals surface area contributed by atoms with E-state index in [-0.39, 0.29) is 23.2 Å². The lowest BCUT2D eigenvalue weighted by Gasteiger charge is -2.10. The summed E-state index contributed by atoms with van der Waals surface area (Å²) in [5.74, 6) is -0.323. The Bertz CT molecular complexity index is 935. The number of aromatic nitrogens is 3. The molecule has 0 bridgehead atoms. The molecule has 24 heavy (non-hydrogen) atoms. The zero-order valence-electron chi connectivity index (χ0n) is 12.7. The Hall–Kier alpha value is -3.53. The second-order valence-corrected chi connectivity index (χ2v) is 4.90. The van der Waals surface area contributed by atoms with E-state index in [2.05, 4.69) is 15.0 Å². The summed E-state index contributed by atoms with van der Waals surface area (Å²) in [5.41, 5.74) is 8.24. The van der Waals surface area contributed by atoms with Crippen molar-refractivity contribution in [3.8, 4) is 34.5 Å². The number of nitrogens with zero attached hydrogens (tertiary/aromatic N) is 4. The predicted molar refractivity (Wildman–Crippen MR) is 86.3 cm³/mol. The molecule has 7 heteroatoms. The number of rotatable bonds is 3. The van der Waals surface area contributed by atoms with E-state index in [1.807, 2.05) is 6.07 Å². The first-order valence-corrected chi connectivity index (χ1v) is 6.95. The lowest BCUT2D eigenvalue weighted by atomic mass is 10.0. The highest BCUT2D eigenvalue weighted by atomic mass is 19.1. The van der Waals surface area contributed by atoms with Crippen LogP contribution in [0.2, 0.25) is 0 Å². The van der Waals surface area contributed by atoms with Crippen LogP contribution in [0.4, 0.5) is 10.2 Å². The van der Waals surface area contributed by atoms with E-state index in [1.54, 1.807) is 18.2 Å². The number of nitrogen functional groups attached to an aromatic ring is 1. The summed E-state index contributed by atoms with van der Waals surface area (Å²) in [6.45, 7) is 0. The number of nitriles is 1. The summed E-state index contributed by atoms with van der Waals surface area (Å²) in [6, 6.07) is 9.89. The summed E-state index contributed by atoms with van der Waals surface area (Å²) in [6.07, 6.45) is 3.05. The van der Waals surface area contributed by atoms with Gasteiger partial charge in [-0.2, -0.15) is 5.26 Å². The average Bonchev–Trinajstić information content (AvgIpc) is 2.61. The van der Waals surface area contributed by atoms with Gasteiger partial charge >= 0.3 is 6.01 Å². The molecule has 0 saturated heterocycles. The molecule has 3 rings (SSSR count). The number of halogens is 1. The summed E-state index contributed by atoms with van der Waals surface area (Å²) in [4.78, 5) is 12.3. The molecule has 0 radical (unpaired) electrons. The number of hydrogen-bond donors (Lipinski definition) is 1.